The molecule has 3 heterocycles. The highest BCUT2D eigenvalue weighted by Gasteiger charge is 2.11. The minimum atomic E-state index is 0.149. The highest BCUT2D eigenvalue weighted by molar-refractivity contribution is 5.33. The van der Waals surface area contributed by atoms with Gasteiger partial charge in [-0.2, -0.15) is 10.2 Å². The van der Waals surface area contributed by atoms with Gasteiger partial charge < -0.3 is 5.32 Å². The van der Waals surface area contributed by atoms with E-state index in [1.807, 2.05) is 53.3 Å². The Morgan fingerprint density at radius 1 is 1.04 bits per heavy atom. The van der Waals surface area contributed by atoms with Crippen molar-refractivity contribution in [2.75, 3.05) is 0 Å². The number of aromatic nitrogens is 6. The average molecular weight is 345 g/mol. The van der Waals surface area contributed by atoms with Crippen LogP contribution in [0.25, 0.3) is 11.5 Å². The Kier molecular flexibility index (Phi) is 4.53. The second-order valence-corrected chi connectivity index (χ2v) is 5.98. The van der Waals surface area contributed by atoms with E-state index in [0.29, 0.717) is 6.54 Å². The molecule has 0 fully saturated rings. The van der Waals surface area contributed by atoms with Crippen LogP contribution in [0.2, 0.25) is 0 Å². The molecular formula is C19H19N7. The van der Waals surface area contributed by atoms with E-state index in [1.165, 1.54) is 6.33 Å². The molecule has 4 rings (SSSR count). The molecule has 1 aromatic carbocycles. The summed E-state index contributed by atoms with van der Waals surface area (Å²) in [4.78, 5) is 8.41. The van der Waals surface area contributed by atoms with Gasteiger partial charge in [-0.15, -0.1) is 0 Å². The number of nitrogens with zero attached hydrogens (tertiary/aromatic N) is 6. The van der Waals surface area contributed by atoms with E-state index in [4.69, 9.17) is 0 Å². The van der Waals surface area contributed by atoms with Crippen LogP contribution in [0.3, 0.4) is 0 Å². The predicted molar refractivity (Wildman–Crippen MR) is 98.0 cm³/mol. The van der Waals surface area contributed by atoms with Crippen LogP contribution in [0.15, 0.2) is 73.7 Å². The van der Waals surface area contributed by atoms with Crippen molar-refractivity contribution in [3.8, 4) is 11.5 Å². The standard InChI is InChI=1S/C19H19N7/c1-15(17-11-23-25(12-17)18-7-3-2-4-8-18)22-10-16-6-5-9-21-19(16)26-14-20-13-24-26/h2-9,11-15,22H,10H2,1H3. The quantitative estimate of drug-likeness (QED) is 0.582. The largest absolute Gasteiger partial charge is 0.306 e. The number of benzene rings is 1. The molecule has 130 valence electrons. The van der Waals surface area contributed by atoms with Crippen molar-refractivity contribution in [3.63, 3.8) is 0 Å². The first-order valence-electron chi connectivity index (χ1n) is 8.43. The lowest BCUT2D eigenvalue weighted by molar-refractivity contribution is 0.571. The van der Waals surface area contributed by atoms with Gasteiger partial charge in [0.15, 0.2) is 5.82 Å². The zero-order valence-corrected chi connectivity index (χ0v) is 14.4. The molecule has 0 aliphatic rings. The fourth-order valence-electron chi connectivity index (χ4n) is 2.76. The third kappa shape index (κ3) is 3.38. The van der Waals surface area contributed by atoms with Crippen molar-refractivity contribution >= 4 is 0 Å². The number of nitrogens with one attached hydrogen (secondary N) is 1. The second-order valence-electron chi connectivity index (χ2n) is 5.98. The van der Waals surface area contributed by atoms with Crippen molar-refractivity contribution in [3.05, 3.63) is 84.8 Å². The Morgan fingerprint density at radius 3 is 2.73 bits per heavy atom. The van der Waals surface area contributed by atoms with Gasteiger partial charge in [0, 0.05) is 36.1 Å². The maximum atomic E-state index is 4.46. The summed E-state index contributed by atoms with van der Waals surface area (Å²) >= 11 is 0. The fourth-order valence-corrected chi connectivity index (χ4v) is 2.76. The lowest BCUT2D eigenvalue weighted by atomic mass is 10.1. The molecule has 0 amide bonds. The van der Waals surface area contributed by atoms with Crippen LogP contribution >= 0.6 is 0 Å². The van der Waals surface area contributed by atoms with Crippen LogP contribution in [-0.4, -0.2) is 29.5 Å². The summed E-state index contributed by atoms with van der Waals surface area (Å²) in [6, 6.07) is 14.2. The maximum absolute atomic E-state index is 4.46. The molecule has 1 atom stereocenters. The van der Waals surface area contributed by atoms with Crippen molar-refractivity contribution in [2.24, 2.45) is 0 Å². The molecule has 1 unspecified atom stereocenters. The summed E-state index contributed by atoms with van der Waals surface area (Å²) in [5, 5.41) is 12.2. The Balaban J connectivity index is 1.47. The molecule has 1 N–H and O–H groups in total. The number of hydrogen-bond donors (Lipinski definition) is 1. The first-order chi connectivity index (χ1) is 12.8. The molecule has 0 bridgehead atoms. The summed E-state index contributed by atoms with van der Waals surface area (Å²) in [7, 11) is 0. The molecule has 3 aromatic heterocycles. The smallest absolute Gasteiger partial charge is 0.159 e. The molecule has 0 aliphatic heterocycles. The van der Waals surface area contributed by atoms with E-state index < -0.39 is 0 Å². The zero-order chi connectivity index (χ0) is 17.8. The molecule has 0 aliphatic carbocycles. The second kappa shape index (κ2) is 7.28. The monoisotopic (exact) mass is 345 g/mol. The topological polar surface area (TPSA) is 73.5 Å². The molecule has 4 aromatic rings. The molecule has 0 saturated carbocycles. The van der Waals surface area contributed by atoms with Gasteiger partial charge in [-0.1, -0.05) is 24.3 Å². The highest BCUT2D eigenvalue weighted by Crippen LogP contribution is 2.16. The van der Waals surface area contributed by atoms with Crippen molar-refractivity contribution < 1.29 is 0 Å². The third-order valence-electron chi connectivity index (χ3n) is 4.23. The molecule has 0 spiro atoms. The molecule has 0 saturated heterocycles. The Bertz CT molecular complexity index is 960. The summed E-state index contributed by atoms with van der Waals surface area (Å²) < 4.78 is 3.56. The van der Waals surface area contributed by atoms with Crippen LogP contribution in [0.5, 0.6) is 0 Å². The van der Waals surface area contributed by atoms with Crippen LogP contribution in [0, 0.1) is 0 Å². The molecular weight excluding hydrogens is 326 g/mol. The summed E-state index contributed by atoms with van der Waals surface area (Å²) in [6.45, 7) is 2.79. The van der Waals surface area contributed by atoms with Gasteiger partial charge in [-0.05, 0) is 25.1 Å². The van der Waals surface area contributed by atoms with E-state index in [9.17, 15) is 0 Å². The SMILES string of the molecule is CC(NCc1cccnc1-n1cncn1)c1cnn(-c2ccccc2)c1. The third-order valence-corrected chi connectivity index (χ3v) is 4.23. The van der Waals surface area contributed by atoms with Gasteiger partial charge in [0.1, 0.15) is 12.7 Å². The normalized spacial score (nSPS) is 12.2. The number of hydrogen-bond acceptors (Lipinski definition) is 5. The predicted octanol–water partition coefficient (Wildman–Crippen LogP) is 2.70. The van der Waals surface area contributed by atoms with Gasteiger partial charge in [0.25, 0.3) is 0 Å². The number of rotatable bonds is 6. The summed E-state index contributed by atoms with van der Waals surface area (Å²) in [5.74, 6) is 0.782. The first-order valence-corrected chi connectivity index (χ1v) is 8.43. The van der Waals surface area contributed by atoms with Gasteiger partial charge in [-0.3, -0.25) is 0 Å². The minimum Gasteiger partial charge on any atom is -0.306 e. The molecule has 0 radical (unpaired) electrons. The molecule has 7 nitrogen and oxygen atoms in total. The van der Waals surface area contributed by atoms with Crippen LogP contribution in [0.1, 0.15) is 24.1 Å². The van der Waals surface area contributed by atoms with E-state index in [1.54, 1.807) is 17.2 Å². The fraction of sp³-hybridized carbons (Fsp3) is 0.158. The van der Waals surface area contributed by atoms with Crippen LogP contribution in [0.4, 0.5) is 0 Å². The lowest BCUT2D eigenvalue weighted by Crippen LogP contribution is -2.19. The van der Waals surface area contributed by atoms with E-state index >= 15 is 0 Å². The maximum Gasteiger partial charge on any atom is 0.159 e. The van der Waals surface area contributed by atoms with E-state index in [0.717, 1.165) is 22.6 Å². The highest BCUT2D eigenvalue weighted by atomic mass is 15.3. The van der Waals surface area contributed by atoms with Gasteiger partial charge in [-0.25, -0.2) is 19.3 Å². The lowest BCUT2D eigenvalue weighted by Gasteiger charge is -2.14. The summed E-state index contributed by atoms with van der Waals surface area (Å²) in [5.41, 5.74) is 3.23. The number of para-hydroxylation sites is 1. The van der Waals surface area contributed by atoms with E-state index in [2.05, 4.69) is 38.6 Å². The first kappa shape index (κ1) is 16.2. The summed E-state index contributed by atoms with van der Waals surface area (Å²) in [6.07, 6.45) is 8.86. The van der Waals surface area contributed by atoms with Crippen LogP contribution < -0.4 is 5.32 Å². The minimum absolute atomic E-state index is 0.149. The van der Waals surface area contributed by atoms with Crippen LogP contribution in [-0.2, 0) is 6.54 Å². The zero-order valence-electron chi connectivity index (χ0n) is 14.4. The number of pyridine rings is 1. The Hall–Kier alpha value is -3.32. The van der Waals surface area contributed by atoms with Crippen molar-refractivity contribution in [1.82, 2.24) is 34.8 Å². The van der Waals surface area contributed by atoms with Gasteiger partial charge in [0.2, 0.25) is 0 Å². The molecule has 7 heteroatoms. The van der Waals surface area contributed by atoms with Gasteiger partial charge in [0.05, 0.1) is 11.9 Å². The average Bonchev–Trinajstić information content (AvgIpc) is 3.39. The van der Waals surface area contributed by atoms with Crippen molar-refractivity contribution in [1.29, 1.82) is 0 Å². The van der Waals surface area contributed by atoms with Gasteiger partial charge >= 0.3 is 0 Å². The Morgan fingerprint density at radius 2 is 1.92 bits per heavy atom. The van der Waals surface area contributed by atoms with Crippen molar-refractivity contribution in [2.45, 2.75) is 19.5 Å². The van der Waals surface area contributed by atoms with E-state index in [-0.39, 0.29) is 6.04 Å². The molecule has 26 heavy (non-hydrogen) atoms. The Labute approximate surface area is 151 Å².